The van der Waals surface area contributed by atoms with Crippen LogP contribution in [0.1, 0.15) is 5.71 Å². The predicted molar refractivity (Wildman–Crippen MR) is 37.9 cm³/mol. The Balaban J connectivity index is -0.0000000216. The summed E-state index contributed by atoms with van der Waals surface area (Å²) in [5.74, 6) is 0. The van der Waals surface area contributed by atoms with Gasteiger partial charge in [-0.05, 0) is 0 Å². The normalized spacial score (nSPS) is 10.2. The summed E-state index contributed by atoms with van der Waals surface area (Å²) in [7, 11) is -10.2. The Morgan fingerprint density at radius 1 is 0.812 bits per heavy atom. The maximum atomic E-state index is 10.1. The molecule has 0 radical (unpaired) electrons. The van der Waals surface area contributed by atoms with E-state index in [-0.39, 0.29) is 124 Å². The van der Waals surface area contributed by atoms with Gasteiger partial charge in [0, 0.05) is 0 Å². The monoisotopic (exact) mass is 338 g/mol. The molecular formula is H6Na4O9S3. The molecule has 9 nitrogen and oxygen atoms in total. The van der Waals surface area contributed by atoms with Gasteiger partial charge in [-0.3, -0.25) is 9.11 Å². The van der Waals surface area contributed by atoms with Gasteiger partial charge in [0.05, 0.1) is 0 Å². The molecule has 16 heavy (non-hydrogen) atoms. The summed E-state index contributed by atoms with van der Waals surface area (Å²) in [6, 6.07) is 0. The summed E-state index contributed by atoms with van der Waals surface area (Å²) >= 11 is -3.33. The van der Waals surface area contributed by atoms with Crippen molar-refractivity contribution in [2.45, 2.75) is 0 Å². The third kappa shape index (κ3) is 26.5. The minimum Gasteiger partial charge on any atom is -1.00 e. The SMILES string of the molecule is O=S(OS(=O)(=O)O)OS(=O)(=O)O.[H-].[H-].[H-].[H-].[Na+].[Na+].[Na+].[Na+]. The average Bonchev–Trinajstić information content (AvgIpc) is 1.49. The fourth-order valence-electron chi connectivity index (χ4n) is 0.152. The van der Waals surface area contributed by atoms with Gasteiger partial charge >= 0.3 is 150 Å². The van der Waals surface area contributed by atoms with Gasteiger partial charge in [-0.2, -0.15) is 21.0 Å². The Bertz CT molecular complexity index is 344. The van der Waals surface area contributed by atoms with Crippen LogP contribution in [0.25, 0.3) is 0 Å². The van der Waals surface area contributed by atoms with Crippen LogP contribution < -0.4 is 118 Å². The Kier molecular flexibility index (Phi) is 27.7. The molecular weight excluding hydrogens is 332 g/mol. The molecule has 0 aromatic carbocycles. The van der Waals surface area contributed by atoms with Gasteiger partial charge in [-0.15, -0.1) is 7.26 Å². The van der Waals surface area contributed by atoms with E-state index in [0.29, 0.717) is 0 Å². The molecule has 0 aliphatic rings. The van der Waals surface area contributed by atoms with Crippen LogP contribution in [0.15, 0.2) is 0 Å². The van der Waals surface area contributed by atoms with E-state index >= 15 is 0 Å². The molecule has 0 aromatic rings. The molecule has 82 valence electrons. The van der Waals surface area contributed by atoms with Gasteiger partial charge in [0.2, 0.25) is 0 Å². The van der Waals surface area contributed by atoms with Gasteiger partial charge in [-0.25, -0.2) is 0 Å². The van der Waals surface area contributed by atoms with E-state index in [1.165, 1.54) is 0 Å². The second kappa shape index (κ2) is 13.9. The molecule has 0 aliphatic carbocycles. The zero-order valence-corrected chi connectivity index (χ0v) is 19.4. The average molecular weight is 338 g/mol. The van der Waals surface area contributed by atoms with Crippen LogP contribution in [-0.2, 0) is 39.4 Å². The van der Waals surface area contributed by atoms with E-state index < -0.39 is 32.2 Å². The summed E-state index contributed by atoms with van der Waals surface area (Å²) in [5, 5.41) is 0. The van der Waals surface area contributed by atoms with E-state index in [2.05, 4.69) is 7.26 Å². The molecule has 0 atom stereocenters. The summed E-state index contributed by atoms with van der Waals surface area (Å²) in [4.78, 5) is 0. The first-order chi connectivity index (χ1) is 5.10. The second-order valence-corrected chi connectivity index (χ2v) is 4.40. The van der Waals surface area contributed by atoms with Gasteiger partial charge in [0.15, 0.2) is 0 Å². The van der Waals surface area contributed by atoms with E-state index in [9.17, 15) is 21.0 Å². The van der Waals surface area contributed by atoms with Gasteiger partial charge in [0.25, 0.3) is 0 Å². The van der Waals surface area contributed by atoms with Gasteiger partial charge in [0.1, 0.15) is 0 Å². The van der Waals surface area contributed by atoms with Crippen molar-refractivity contribution >= 4 is 32.2 Å². The molecule has 0 fully saturated rings. The zero-order chi connectivity index (χ0) is 9.99. The summed E-state index contributed by atoms with van der Waals surface area (Å²) in [6.07, 6.45) is 0. The minimum atomic E-state index is -5.10. The van der Waals surface area contributed by atoms with E-state index in [1.54, 1.807) is 0 Å². The largest absolute Gasteiger partial charge is 1.00 e. The summed E-state index contributed by atoms with van der Waals surface area (Å²) in [5.41, 5.74) is 0. The van der Waals surface area contributed by atoms with Crippen molar-refractivity contribution in [3.05, 3.63) is 0 Å². The first-order valence-corrected chi connectivity index (χ1v) is 5.60. The number of hydrogen-bond acceptors (Lipinski definition) is 7. The third-order valence-corrected chi connectivity index (χ3v) is 2.55. The molecule has 0 aliphatic heterocycles. The number of rotatable bonds is 4. The smallest absolute Gasteiger partial charge is 1.00 e. The molecule has 0 unspecified atom stereocenters. The predicted octanol–water partition coefficient (Wildman–Crippen LogP) is -13.3. The Hall–Kier alpha value is 3.89. The molecule has 0 saturated carbocycles. The van der Waals surface area contributed by atoms with E-state index in [0.717, 1.165) is 0 Å². The summed E-state index contributed by atoms with van der Waals surface area (Å²) < 4.78 is 70.6. The zero-order valence-electron chi connectivity index (χ0n) is 13.0. The molecule has 0 spiro atoms. The first kappa shape index (κ1) is 32.0. The van der Waals surface area contributed by atoms with Crippen LogP contribution in [0.3, 0.4) is 0 Å². The Labute approximate surface area is 190 Å². The van der Waals surface area contributed by atoms with Crippen molar-refractivity contribution in [3.8, 4) is 0 Å². The molecule has 0 heterocycles. The van der Waals surface area contributed by atoms with Crippen LogP contribution in [0.2, 0.25) is 0 Å². The Morgan fingerprint density at radius 2 is 1.00 bits per heavy atom. The fraction of sp³-hybridized carbons (Fsp3) is 0. The quantitative estimate of drug-likeness (QED) is 0.377. The molecule has 0 aromatic heterocycles. The standard InChI is InChI=1S/4Na.H2O9S3.4H/c;;;;1-10(8-11(2,3)4)9-12(5,6)7;;;;/h;;;;(H,2,3,4)(H,5,6,7);;;;/q4*+1;;4*-1. The maximum Gasteiger partial charge on any atom is 1.00 e. The topological polar surface area (TPSA) is 144 Å². The Morgan fingerprint density at radius 3 is 1.12 bits per heavy atom. The van der Waals surface area contributed by atoms with Crippen molar-refractivity contribution in [2.75, 3.05) is 0 Å². The molecule has 0 rings (SSSR count). The molecule has 0 bridgehead atoms. The third-order valence-electron chi connectivity index (χ3n) is 0.283. The van der Waals surface area contributed by atoms with Crippen LogP contribution >= 0.6 is 0 Å². The molecule has 2 N–H and O–H groups in total. The van der Waals surface area contributed by atoms with Crippen LogP contribution in [0.4, 0.5) is 0 Å². The van der Waals surface area contributed by atoms with Crippen LogP contribution in [0.5, 0.6) is 0 Å². The van der Waals surface area contributed by atoms with Gasteiger partial charge in [-0.1, -0.05) is 0 Å². The van der Waals surface area contributed by atoms with Crippen LogP contribution in [0, 0.1) is 0 Å². The van der Waals surface area contributed by atoms with E-state index in [4.69, 9.17) is 9.11 Å². The van der Waals surface area contributed by atoms with Crippen molar-refractivity contribution < 1.29 is 161 Å². The molecule has 0 amide bonds. The molecule has 0 saturated heterocycles. The fourth-order valence-corrected chi connectivity index (χ4v) is 1.57. The van der Waals surface area contributed by atoms with Crippen molar-refractivity contribution in [3.63, 3.8) is 0 Å². The van der Waals surface area contributed by atoms with Crippen molar-refractivity contribution in [1.82, 2.24) is 0 Å². The van der Waals surface area contributed by atoms with E-state index in [1.807, 2.05) is 0 Å². The van der Waals surface area contributed by atoms with Gasteiger partial charge < -0.3 is 5.71 Å². The second-order valence-electron chi connectivity index (χ2n) is 1.20. The maximum absolute atomic E-state index is 10.1. The van der Waals surface area contributed by atoms with Crippen molar-refractivity contribution in [2.24, 2.45) is 0 Å². The minimum absolute atomic E-state index is 0. The van der Waals surface area contributed by atoms with Crippen LogP contribution in [-0.4, -0.2) is 30.1 Å². The summed E-state index contributed by atoms with van der Waals surface area (Å²) in [6.45, 7) is 0. The first-order valence-electron chi connectivity index (χ1n) is 1.87. The number of hydrogen-bond donors (Lipinski definition) is 2. The van der Waals surface area contributed by atoms with Crippen molar-refractivity contribution in [1.29, 1.82) is 0 Å². The molecule has 16 heteroatoms.